The number of nitrogens with zero attached hydrogens (tertiary/aromatic N) is 1. The molecule has 0 fully saturated rings. The van der Waals surface area contributed by atoms with Crippen molar-refractivity contribution in [3.63, 3.8) is 0 Å². The van der Waals surface area contributed by atoms with Gasteiger partial charge in [0.1, 0.15) is 6.54 Å². The summed E-state index contributed by atoms with van der Waals surface area (Å²) < 4.78 is 27.5. The van der Waals surface area contributed by atoms with Crippen molar-refractivity contribution in [2.75, 3.05) is 16.2 Å². The number of amides is 1. The lowest BCUT2D eigenvalue weighted by molar-refractivity contribution is -0.114. The zero-order valence-electron chi connectivity index (χ0n) is 14.9. The molecule has 3 aromatic carbocycles. The third-order valence-corrected chi connectivity index (χ3v) is 5.96. The number of sulfonamides is 1. The SMILES string of the molecule is CC(=O)Nc1ccc(S(=O)(=O)N(CC(=O)Cl)c2cccc3ccccc23)cc1. The Labute approximate surface area is 167 Å². The Hall–Kier alpha value is -2.90. The van der Waals surface area contributed by atoms with Gasteiger partial charge in [0.25, 0.3) is 10.0 Å². The van der Waals surface area contributed by atoms with Crippen molar-refractivity contribution < 1.29 is 18.0 Å². The van der Waals surface area contributed by atoms with Crippen molar-refractivity contribution in [1.82, 2.24) is 0 Å². The fourth-order valence-electron chi connectivity index (χ4n) is 2.88. The summed E-state index contributed by atoms with van der Waals surface area (Å²) >= 11 is 5.56. The Kier molecular flexibility index (Phi) is 5.67. The number of rotatable bonds is 6. The van der Waals surface area contributed by atoms with Gasteiger partial charge in [-0.3, -0.25) is 13.9 Å². The van der Waals surface area contributed by atoms with Gasteiger partial charge in [-0.05, 0) is 47.3 Å². The molecule has 0 bridgehead atoms. The van der Waals surface area contributed by atoms with Gasteiger partial charge in [0, 0.05) is 18.0 Å². The molecule has 28 heavy (non-hydrogen) atoms. The summed E-state index contributed by atoms with van der Waals surface area (Å²) in [4.78, 5) is 22.8. The monoisotopic (exact) mass is 416 g/mol. The molecule has 1 N–H and O–H groups in total. The molecule has 0 aliphatic carbocycles. The van der Waals surface area contributed by atoms with Crippen molar-refractivity contribution >= 4 is 54.9 Å². The lowest BCUT2D eigenvalue weighted by atomic mass is 10.1. The summed E-state index contributed by atoms with van der Waals surface area (Å²) in [5, 5.41) is 3.30. The van der Waals surface area contributed by atoms with Crippen LogP contribution in [-0.2, 0) is 19.6 Å². The first-order chi connectivity index (χ1) is 13.3. The van der Waals surface area contributed by atoms with Gasteiger partial charge < -0.3 is 5.32 Å². The summed E-state index contributed by atoms with van der Waals surface area (Å²) in [6, 6.07) is 18.2. The van der Waals surface area contributed by atoms with Crippen LogP contribution in [0.1, 0.15) is 6.92 Å². The Morgan fingerprint density at radius 2 is 1.61 bits per heavy atom. The molecule has 0 radical (unpaired) electrons. The molecule has 0 saturated heterocycles. The number of fused-ring (bicyclic) bond motifs is 1. The fraction of sp³-hybridized carbons (Fsp3) is 0.100. The van der Waals surface area contributed by atoms with E-state index in [-0.39, 0.29) is 10.8 Å². The largest absolute Gasteiger partial charge is 0.326 e. The topological polar surface area (TPSA) is 83.6 Å². The molecule has 8 heteroatoms. The molecule has 6 nitrogen and oxygen atoms in total. The number of anilines is 2. The minimum atomic E-state index is -4.07. The van der Waals surface area contributed by atoms with Crippen LogP contribution in [0.3, 0.4) is 0 Å². The number of hydrogen-bond acceptors (Lipinski definition) is 4. The lowest BCUT2D eigenvalue weighted by Crippen LogP contribution is -2.34. The van der Waals surface area contributed by atoms with Crippen LogP contribution in [-0.4, -0.2) is 26.1 Å². The van der Waals surface area contributed by atoms with E-state index >= 15 is 0 Å². The van der Waals surface area contributed by atoms with Gasteiger partial charge >= 0.3 is 0 Å². The normalized spacial score (nSPS) is 11.2. The molecule has 0 unspecified atom stereocenters. The predicted octanol–water partition coefficient (Wildman–Crippen LogP) is 3.76. The summed E-state index contributed by atoms with van der Waals surface area (Å²) in [7, 11) is -4.07. The van der Waals surface area contributed by atoms with Crippen LogP contribution >= 0.6 is 11.6 Å². The van der Waals surface area contributed by atoms with Gasteiger partial charge in [0.2, 0.25) is 11.1 Å². The zero-order valence-corrected chi connectivity index (χ0v) is 16.5. The maximum atomic E-state index is 13.3. The van der Waals surface area contributed by atoms with Crippen LogP contribution in [0.2, 0.25) is 0 Å². The van der Waals surface area contributed by atoms with Crippen molar-refractivity contribution in [2.45, 2.75) is 11.8 Å². The van der Waals surface area contributed by atoms with E-state index in [0.29, 0.717) is 16.8 Å². The minimum Gasteiger partial charge on any atom is -0.326 e. The van der Waals surface area contributed by atoms with Crippen molar-refractivity contribution in [2.24, 2.45) is 0 Å². The first-order valence-corrected chi connectivity index (χ1v) is 10.2. The molecule has 0 aromatic heterocycles. The van der Waals surface area contributed by atoms with Crippen LogP contribution in [0.5, 0.6) is 0 Å². The van der Waals surface area contributed by atoms with Crippen molar-refractivity contribution in [3.05, 3.63) is 66.7 Å². The highest BCUT2D eigenvalue weighted by molar-refractivity contribution is 7.93. The number of carbonyl (C=O) groups is 2. The van der Waals surface area contributed by atoms with E-state index in [4.69, 9.17) is 11.6 Å². The molecule has 3 aromatic rings. The van der Waals surface area contributed by atoms with E-state index in [1.54, 1.807) is 24.3 Å². The molecule has 1 amide bonds. The quantitative estimate of drug-likeness (QED) is 0.620. The van der Waals surface area contributed by atoms with Crippen LogP contribution in [0.25, 0.3) is 10.8 Å². The molecule has 3 rings (SSSR count). The third kappa shape index (κ3) is 4.16. The Morgan fingerprint density at radius 3 is 2.25 bits per heavy atom. The molecule has 0 heterocycles. The fourth-order valence-corrected chi connectivity index (χ4v) is 4.51. The van der Waals surface area contributed by atoms with E-state index in [1.807, 2.05) is 18.2 Å². The summed E-state index contributed by atoms with van der Waals surface area (Å²) in [6.07, 6.45) is 0. The maximum absolute atomic E-state index is 13.3. The third-order valence-electron chi connectivity index (χ3n) is 4.07. The molecular formula is C20H17ClN2O4S. The number of halogens is 1. The smallest absolute Gasteiger partial charge is 0.264 e. The number of carbonyl (C=O) groups excluding carboxylic acids is 2. The first-order valence-electron chi connectivity index (χ1n) is 8.35. The summed E-state index contributed by atoms with van der Waals surface area (Å²) in [6.45, 7) is 0.852. The molecular weight excluding hydrogens is 400 g/mol. The van der Waals surface area contributed by atoms with Gasteiger partial charge in [0.15, 0.2) is 0 Å². The average Bonchev–Trinajstić information content (AvgIpc) is 2.65. The second-order valence-corrected chi connectivity index (χ2v) is 8.35. The second-order valence-electron chi connectivity index (χ2n) is 6.07. The highest BCUT2D eigenvalue weighted by Gasteiger charge is 2.28. The van der Waals surface area contributed by atoms with Crippen LogP contribution in [0.4, 0.5) is 11.4 Å². The minimum absolute atomic E-state index is 0.0209. The first kappa shape index (κ1) is 19.9. The van der Waals surface area contributed by atoms with Crippen LogP contribution in [0, 0.1) is 0 Å². The molecule has 0 aliphatic rings. The van der Waals surface area contributed by atoms with Crippen LogP contribution in [0.15, 0.2) is 71.6 Å². The van der Waals surface area contributed by atoms with Gasteiger partial charge in [-0.15, -0.1) is 0 Å². The number of nitrogens with one attached hydrogen (secondary N) is 1. The van der Waals surface area contributed by atoms with E-state index in [1.165, 1.54) is 31.2 Å². The highest BCUT2D eigenvalue weighted by Crippen LogP contribution is 2.31. The summed E-state index contributed by atoms with van der Waals surface area (Å²) in [5.41, 5.74) is 0.828. The van der Waals surface area contributed by atoms with Gasteiger partial charge in [-0.2, -0.15) is 0 Å². The van der Waals surface area contributed by atoms with Crippen molar-refractivity contribution in [1.29, 1.82) is 0 Å². The maximum Gasteiger partial charge on any atom is 0.264 e. The second kappa shape index (κ2) is 8.00. The molecule has 144 valence electrons. The van der Waals surface area contributed by atoms with Crippen molar-refractivity contribution in [3.8, 4) is 0 Å². The average molecular weight is 417 g/mol. The van der Waals surface area contributed by atoms with E-state index in [0.717, 1.165) is 9.69 Å². The van der Waals surface area contributed by atoms with E-state index in [2.05, 4.69) is 5.32 Å². The number of hydrogen-bond donors (Lipinski definition) is 1. The molecule has 0 spiro atoms. The Bertz CT molecular complexity index is 1140. The molecule has 0 aliphatic heterocycles. The van der Waals surface area contributed by atoms with E-state index < -0.39 is 21.8 Å². The zero-order chi connectivity index (χ0) is 20.3. The standard InChI is InChI=1S/C20H17ClN2O4S/c1-14(24)22-16-9-11-17(12-10-16)28(26,27)23(13-20(21)25)19-8-4-6-15-5-2-3-7-18(15)19/h2-12H,13H2,1H3,(H,22,24). The predicted molar refractivity (Wildman–Crippen MR) is 110 cm³/mol. The van der Waals surface area contributed by atoms with E-state index in [9.17, 15) is 18.0 Å². The van der Waals surface area contributed by atoms with Gasteiger partial charge in [-0.25, -0.2) is 8.42 Å². The highest BCUT2D eigenvalue weighted by atomic mass is 35.5. The van der Waals surface area contributed by atoms with Gasteiger partial charge in [0.05, 0.1) is 10.6 Å². The number of benzene rings is 3. The summed E-state index contributed by atoms with van der Waals surface area (Å²) in [5.74, 6) is -0.263. The van der Waals surface area contributed by atoms with Crippen LogP contribution < -0.4 is 9.62 Å². The Morgan fingerprint density at radius 1 is 0.964 bits per heavy atom. The van der Waals surface area contributed by atoms with Gasteiger partial charge in [-0.1, -0.05) is 36.4 Å². The Balaban J connectivity index is 2.10. The molecule has 0 atom stereocenters. The lowest BCUT2D eigenvalue weighted by Gasteiger charge is -2.24. The molecule has 0 saturated carbocycles.